The normalized spacial score (nSPS) is 38.6. The van der Waals surface area contributed by atoms with Gasteiger partial charge in [-0.1, -0.05) is 30.3 Å². The summed E-state index contributed by atoms with van der Waals surface area (Å²) in [5.74, 6) is 0.289. The number of rotatable bonds is 3. The van der Waals surface area contributed by atoms with Gasteiger partial charge in [-0.2, -0.15) is 0 Å². The zero-order chi connectivity index (χ0) is 13.5. The van der Waals surface area contributed by atoms with Crippen molar-refractivity contribution < 1.29 is 10.2 Å². The van der Waals surface area contributed by atoms with E-state index in [1.807, 2.05) is 13.0 Å². The highest BCUT2D eigenvalue weighted by Crippen LogP contribution is 2.53. The molecule has 19 heavy (non-hydrogen) atoms. The average molecular weight is 261 g/mol. The van der Waals surface area contributed by atoms with Crippen LogP contribution in [-0.2, 0) is 6.54 Å². The Morgan fingerprint density at radius 3 is 2.74 bits per heavy atom. The summed E-state index contributed by atoms with van der Waals surface area (Å²) in [6, 6.07) is 10.4. The molecular formula is C16H23NO2. The summed E-state index contributed by atoms with van der Waals surface area (Å²) in [5, 5.41) is 20.5. The van der Waals surface area contributed by atoms with Crippen LogP contribution < -0.4 is 0 Å². The smallest absolute Gasteiger partial charge is 0.0750 e. The molecule has 1 aromatic rings. The first kappa shape index (κ1) is 13.1. The molecule has 104 valence electrons. The molecule has 0 amide bonds. The molecule has 2 bridgehead atoms. The van der Waals surface area contributed by atoms with Gasteiger partial charge in [0.1, 0.15) is 0 Å². The van der Waals surface area contributed by atoms with Gasteiger partial charge in [-0.05, 0) is 25.3 Å². The summed E-state index contributed by atoms with van der Waals surface area (Å²) in [7, 11) is 0. The second kappa shape index (κ2) is 4.58. The van der Waals surface area contributed by atoms with Crippen molar-refractivity contribution in [1.82, 2.24) is 4.90 Å². The van der Waals surface area contributed by atoms with E-state index < -0.39 is 5.60 Å². The van der Waals surface area contributed by atoms with Crippen LogP contribution in [0.5, 0.6) is 0 Å². The number of fused-ring (bicyclic) bond motifs is 2. The molecule has 1 aliphatic heterocycles. The molecule has 1 aromatic carbocycles. The quantitative estimate of drug-likeness (QED) is 0.869. The van der Waals surface area contributed by atoms with E-state index >= 15 is 0 Å². The third-order valence-corrected chi connectivity index (χ3v) is 5.40. The van der Waals surface area contributed by atoms with Gasteiger partial charge in [-0.3, -0.25) is 4.90 Å². The van der Waals surface area contributed by atoms with E-state index in [2.05, 4.69) is 29.2 Å². The molecular weight excluding hydrogens is 238 g/mol. The molecule has 0 spiro atoms. The maximum Gasteiger partial charge on any atom is 0.0750 e. The van der Waals surface area contributed by atoms with Crippen LogP contribution in [0.25, 0.3) is 0 Å². The number of aliphatic hydroxyl groups excluding tert-OH is 1. The summed E-state index contributed by atoms with van der Waals surface area (Å²) in [5.41, 5.74) is 0.260. The summed E-state index contributed by atoms with van der Waals surface area (Å²) in [6.45, 7) is 4.64. The Morgan fingerprint density at radius 2 is 2.05 bits per heavy atom. The van der Waals surface area contributed by atoms with Gasteiger partial charge in [0.2, 0.25) is 0 Å². The first-order valence-electron chi connectivity index (χ1n) is 7.17. The van der Waals surface area contributed by atoms with Gasteiger partial charge in [0, 0.05) is 31.0 Å². The van der Waals surface area contributed by atoms with Gasteiger partial charge >= 0.3 is 0 Å². The highest BCUT2D eigenvalue weighted by Gasteiger charge is 2.59. The van der Waals surface area contributed by atoms with Gasteiger partial charge in [0.05, 0.1) is 12.2 Å². The van der Waals surface area contributed by atoms with Crippen molar-refractivity contribution in [2.24, 2.45) is 11.3 Å². The van der Waals surface area contributed by atoms with Crippen LogP contribution in [0.15, 0.2) is 30.3 Å². The predicted octanol–water partition coefficient (Wildman–Crippen LogP) is 1.64. The second-order valence-electron chi connectivity index (χ2n) is 6.48. The molecule has 0 aromatic heterocycles. The zero-order valence-electron chi connectivity index (χ0n) is 11.5. The van der Waals surface area contributed by atoms with E-state index in [1.165, 1.54) is 5.56 Å². The lowest BCUT2D eigenvalue weighted by atomic mass is 9.70. The van der Waals surface area contributed by atoms with Gasteiger partial charge in [0.15, 0.2) is 0 Å². The van der Waals surface area contributed by atoms with Crippen LogP contribution in [0.3, 0.4) is 0 Å². The minimum Gasteiger partial charge on any atom is -0.396 e. The maximum absolute atomic E-state index is 10.7. The third kappa shape index (κ3) is 2.00. The maximum atomic E-state index is 10.7. The number of piperidine rings is 1. The van der Waals surface area contributed by atoms with E-state index in [1.54, 1.807) is 0 Å². The summed E-state index contributed by atoms with van der Waals surface area (Å²) >= 11 is 0. The molecule has 0 radical (unpaired) electrons. The lowest BCUT2D eigenvalue weighted by Crippen LogP contribution is -2.60. The molecule has 2 fully saturated rings. The van der Waals surface area contributed by atoms with Crippen LogP contribution >= 0.6 is 0 Å². The van der Waals surface area contributed by atoms with Gasteiger partial charge in [-0.25, -0.2) is 0 Å². The van der Waals surface area contributed by atoms with E-state index in [0.29, 0.717) is 0 Å². The van der Waals surface area contributed by atoms with Crippen LogP contribution in [-0.4, -0.2) is 40.4 Å². The molecule has 1 heterocycles. The summed E-state index contributed by atoms with van der Waals surface area (Å²) in [4.78, 5) is 2.39. The second-order valence-corrected chi connectivity index (χ2v) is 6.48. The van der Waals surface area contributed by atoms with Crippen molar-refractivity contribution in [1.29, 1.82) is 0 Å². The van der Waals surface area contributed by atoms with Crippen molar-refractivity contribution in [2.45, 2.75) is 31.9 Å². The standard InChI is InChI=1S/C16H23NO2/c1-15(19)14-7-8-16(15,12-18)11-17(10-14)9-13-5-3-2-4-6-13/h2-6,14,18-19H,7-12H2,1H3. The molecule has 2 aliphatic rings. The monoisotopic (exact) mass is 261 g/mol. The van der Waals surface area contributed by atoms with Crippen LogP contribution in [0.2, 0.25) is 0 Å². The Hall–Kier alpha value is -0.900. The number of nitrogens with zero attached hydrogens (tertiary/aromatic N) is 1. The minimum atomic E-state index is -0.713. The summed E-state index contributed by atoms with van der Waals surface area (Å²) in [6.07, 6.45) is 1.96. The Bertz CT molecular complexity index is 445. The number of benzene rings is 1. The van der Waals surface area contributed by atoms with E-state index in [0.717, 1.165) is 32.5 Å². The molecule has 1 saturated carbocycles. The van der Waals surface area contributed by atoms with Gasteiger partial charge in [-0.15, -0.1) is 0 Å². The van der Waals surface area contributed by atoms with Crippen molar-refractivity contribution in [3.63, 3.8) is 0 Å². The lowest BCUT2D eigenvalue weighted by Gasteiger charge is -2.49. The SMILES string of the molecule is CC1(O)C2CCC1(CO)CN(Cc1ccccc1)C2. The van der Waals surface area contributed by atoms with E-state index in [4.69, 9.17) is 0 Å². The molecule has 3 heteroatoms. The topological polar surface area (TPSA) is 43.7 Å². The largest absolute Gasteiger partial charge is 0.396 e. The molecule has 1 saturated heterocycles. The van der Waals surface area contributed by atoms with Crippen molar-refractivity contribution in [3.05, 3.63) is 35.9 Å². The number of aliphatic hydroxyl groups is 2. The molecule has 2 N–H and O–H groups in total. The Morgan fingerprint density at radius 1 is 1.32 bits per heavy atom. The third-order valence-electron chi connectivity index (χ3n) is 5.40. The molecule has 3 nitrogen and oxygen atoms in total. The number of hydrogen-bond donors (Lipinski definition) is 2. The average Bonchev–Trinajstić information content (AvgIpc) is 2.56. The van der Waals surface area contributed by atoms with Gasteiger partial charge in [0.25, 0.3) is 0 Å². The van der Waals surface area contributed by atoms with Gasteiger partial charge < -0.3 is 10.2 Å². The molecule has 3 rings (SSSR count). The lowest BCUT2D eigenvalue weighted by molar-refractivity contribution is -0.144. The van der Waals surface area contributed by atoms with Crippen LogP contribution in [0.1, 0.15) is 25.3 Å². The zero-order valence-corrected chi connectivity index (χ0v) is 11.5. The van der Waals surface area contributed by atoms with Crippen LogP contribution in [0, 0.1) is 11.3 Å². The Labute approximate surface area is 114 Å². The highest BCUT2D eigenvalue weighted by molar-refractivity contribution is 5.16. The number of hydrogen-bond acceptors (Lipinski definition) is 3. The fraction of sp³-hybridized carbons (Fsp3) is 0.625. The molecule has 3 atom stereocenters. The first-order chi connectivity index (χ1) is 9.07. The predicted molar refractivity (Wildman–Crippen MR) is 74.6 cm³/mol. The minimum absolute atomic E-state index is 0.0851. The fourth-order valence-corrected chi connectivity index (χ4v) is 3.98. The number of likely N-dealkylation sites (tertiary alicyclic amines) is 1. The Kier molecular flexibility index (Phi) is 3.16. The van der Waals surface area contributed by atoms with Crippen molar-refractivity contribution in [3.8, 4) is 0 Å². The van der Waals surface area contributed by atoms with Crippen LogP contribution in [0.4, 0.5) is 0 Å². The van der Waals surface area contributed by atoms with Crippen molar-refractivity contribution >= 4 is 0 Å². The molecule has 3 unspecified atom stereocenters. The molecule has 1 aliphatic carbocycles. The van der Waals surface area contributed by atoms with E-state index in [-0.39, 0.29) is 17.9 Å². The first-order valence-corrected chi connectivity index (χ1v) is 7.17. The Balaban J connectivity index is 1.78. The van der Waals surface area contributed by atoms with Crippen molar-refractivity contribution in [2.75, 3.05) is 19.7 Å². The van der Waals surface area contributed by atoms with E-state index in [9.17, 15) is 10.2 Å². The summed E-state index contributed by atoms with van der Waals surface area (Å²) < 4.78 is 0. The highest BCUT2D eigenvalue weighted by atomic mass is 16.3. The fourth-order valence-electron chi connectivity index (χ4n) is 3.98.